The molecule has 22 heavy (non-hydrogen) atoms. The van der Waals surface area contributed by atoms with Crippen LogP contribution in [0.5, 0.6) is 0 Å². The Morgan fingerprint density at radius 2 is 1.86 bits per heavy atom. The van der Waals surface area contributed by atoms with Crippen LogP contribution in [-0.4, -0.2) is 47.4 Å². The fourth-order valence-electron chi connectivity index (χ4n) is 2.54. The average Bonchev–Trinajstić information content (AvgIpc) is 2.55. The van der Waals surface area contributed by atoms with Gasteiger partial charge in [0.15, 0.2) is 5.16 Å². The van der Waals surface area contributed by atoms with E-state index in [1.165, 1.54) is 0 Å². The maximum absolute atomic E-state index is 4.63. The summed E-state index contributed by atoms with van der Waals surface area (Å²) in [4.78, 5) is 18.1. The molecule has 1 fully saturated rings. The Labute approximate surface area is 143 Å². The van der Waals surface area contributed by atoms with Gasteiger partial charge in [-0.3, -0.25) is 0 Å². The quantitative estimate of drug-likeness (QED) is 0.603. The summed E-state index contributed by atoms with van der Waals surface area (Å²) in [5.74, 6) is 2.04. The predicted octanol–water partition coefficient (Wildman–Crippen LogP) is 2.99. The van der Waals surface area contributed by atoms with Crippen molar-refractivity contribution in [3.63, 3.8) is 0 Å². The summed E-state index contributed by atoms with van der Waals surface area (Å²) in [6, 6.07) is 6.04. The Balaban J connectivity index is 1.72. The van der Waals surface area contributed by atoms with Crippen LogP contribution in [0.4, 0.5) is 11.6 Å². The number of nitrogens with zero attached hydrogens (tertiary/aromatic N) is 5. The van der Waals surface area contributed by atoms with Gasteiger partial charge >= 0.3 is 0 Å². The highest BCUT2D eigenvalue weighted by Gasteiger charge is 2.21. The van der Waals surface area contributed by atoms with E-state index in [9.17, 15) is 0 Å². The summed E-state index contributed by atoms with van der Waals surface area (Å²) in [6.07, 6.45) is 3.85. The van der Waals surface area contributed by atoms with Gasteiger partial charge in [0.25, 0.3) is 0 Å². The fraction of sp³-hybridized carbons (Fsp3) is 0.400. The topological polar surface area (TPSA) is 45.2 Å². The van der Waals surface area contributed by atoms with Crippen LogP contribution in [0.3, 0.4) is 0 Å². The van der Waals surface area contributed by atoms with E-state index in [2.05, 4.69) is 46.7 Å². The molecular formula is C15H18BrN5S. The maximum Gasteiger partial charge on any atom is 0.189 e. The second-order valence-corrected chi connectivity index (χ2v) is 6.76. The van der Waals surface area contributed by atoms with Gasteiger partial charge in [-0.2, -0.15) is 0 Å². The third kappa shape index (κ3) is 3.35. The lowest BCUT2D eigenvalue weighted by Crippen LogP contribution is -2.47. The van der Waals surface area contributed by atoms with Gasteiger partial charge in [-0.15, -0.1) is 0 Å². The van der Waals surface area contributed by atoms with Crippen LogP contribution in [0.1, 0.15) is 5.69 Å². The molecule has 1 aliphatic rings. The molecule has 0 saturated carbocycles. The van der Waals surface area contributed by atoms with Crippen LogP contribution in [0.25, 0.3) is 0 Å². The second kappa shape index (κ2) is 6.83. The lowest BCUT2D eigenvalue weighted by molar-refractivity contribution is 0.636. The molecule has 2 aromatic rings. The molecule has 116 valence electrons. The normalized spacial score (nSPS) is 15.2. The molecule has 0 radical (unpaired) electrons. The molecular weight excluding hydrogens is 362 g/mol. The molecule has 0 spiro atoms. The van der Waals surface area contributed by atoms with E-state index < -0.39 is 0 Å². The average molecular weight is 380 g/mol. The fourth-order valence-corrected chi connectivity index (χ4v) is 3.46. The summed E-state index contributed by atoms with van der Waals surface area (Å²) in [7, 11) is 0. The number of aromatic nitrogens is 3. The molecule has 0 N–H and O–H groups in total. The van der Waals surface area contributed by atoms with Gasteiger partial charge in [-0.25, -0.2) is 15.0 Å². The van der Waals surface area contributed by atoms with Gasteiger partial charge in [0.2, 0.25) is 0 Å². The molecule has 0 aliphatic carbocycles. The molecule has 1 aliphatic heterocycles. The molecule has 3 rings (SSSR count). The number of halogens is 1. The van der Waals surface area contributed by atoms with Crippen LogP contribution in [0.15, 0.2) is 34.0 Å². The number of piperazine rings is 1. The lowest BCUT2D eigenvalue weighted by atomic mass is 10.3. The standard InChI is InChI=1S/C15H18BrN5S/c1-11-10-13(19-15(18-11)22-2)20-6-8-21(9-7-20)14-12(16)4-3-5-17-14/h3-5,10H,6-9H2,1-2H3. The van der Waals surface area contributed by atoms with Gasteiger partial charge < -0.3 is 9.80 Å². The van der Waals surface area contributed by atoms with E-state index in [1.807, 2.05) is 31.5 Å². The Hall–Kier alpha value is -1.34. The number of rotatable bonds is 3. The first kappa shape index (κ1) is 15.6. The zero-order valence-electron chi connectivity index (χ0n) is 12.7. The van der Waals surface area contributed by atoms with Crippen LogP contribution < -0.4 is 9.80 Å². The summed E-state index contributed by atoms with van der Waals surface area (Å²) in [5.41, 5.74) is 1.02. The molecule has 0 aromatic carbocycles. The monoisotopic (exact) mass is 379 g/mol. The van der Waals surface area contributed by atoms with Gasteiger partial charge in [-0.05, 0) is 41.2 Å². The first-order valence-electron chi connectivity index (χ1n) is 7.17. The maximum atomic E-state index is 4.63. The van der Waals surface area contributed by atoms with Gasteiger partial charge in [0.1, 0.15) is 11.6 Å². The van der Waals surface area contributed by atoms with Crippen molar-refractivity contribution in [2.75, 3.05) is 42.2 Å². The minimum absolute atomic E-state index is 0.838. The molecule has 2 aromatic heterocycles. The molecule has 7 heteroatoms. The molecule has 5 nitrogen and oxygen atoms in total. The predicted molar refractivity (Wildman–Crippen MR) is 94.9 cm³/mol. The Morgan fingerprint density at radius 1 is 1.14 bits per heavy atom. The molecule has 0 atom stereocenters. The highest BCUT2D eigenvalue weighted by atomic mass is 79.9. The largest absolute Gasteiger partial charge is 0.353 e. The van der Waals surface area contributed by atoms with Crippen molar-refractivity contribution in [1.82, 2.24) is 15.0 Å². The van der Waals surface area contributed by atoms with Crippen molar-refractivity contribution >= 4 is 39.3 Å². The van der Waals surface area contributed by atoms with E-state index in [0.29, 0.717) is 0 Å². The van der Waals surface area contributed by atoms with Crippen LogP contribution in [0, 0.1) is 6.92 Å². The number of hydrogen-bond acceptors (Lipinski definition) is 6. The molecule has 1 saturated heterocycles. The highest BCUT2D eigenvalue weighted by Crippen LogP contribution is 2.25. The zero-order valence-corrected chi connectivity index (χ0v) is 15.1. The van der Waals surface area contributed by atoms with Gasteiger partial charge in [0.05, 0.1) is 4.47 Å². The Morgan fingerprint density at radius 3 is 2.55 bits per heavy atom. The number of aryl methyl sites for hydroxylation is 1. The van der Waals surface area contributed by atoms with E-state index in [4.69, 9.17) is 0 Å². The number of hydrogen-bond donors (Lipinski definition) is 0. The third-order valence-electron chi connectivity index (χ3n) is 3.65. The first-order valence-corrected chi connectivity index (χ1v) is 9.19. The third-order valence-corrected chi connectivity index (χ3v) is 4.81. The summed E-state index contributed by atoms with van der Waals surface area (Å²) >= 11 is 5.16. The molecule has 0 bridgehead atoms. The van der Waals surface area contributed by atoms with Crippen molar-refractivity contribution in [1.29, 1.82) is 0 Å². The molecule has 3 heterocycles. The Kier molecular flexibility index (Phi) is 4.83. The van der Waals surface area contributed by atoms with E-state index in [0.717, 1.165) is 53.1 Å². The lowest BCUT2D eigenvalue weighted by Gasteiger charge is -2.36. The van der Waals surface area contributed by atoms with Gasteiger partial charge in [-0.1, -0.05) is 11.8 Å². The number of thioether (sulfide) groups is 1. The SMILES string of the molecule is CSc1nc(C)cc(N2CCN(c3ncccc3Br)CC2)n1. The molecule has 0 amide bonds. The van der Waals surface area contributed by atoms with Crippen molar-refractivity contribution in [2.24, 2.45) is 0 Å². The van der Waals surface area contributed by atoms with Crippen molar-refractivity contribution in [2.45, 2.75) is 12.1 Å². The first-order chi connectivity index (χ1) is 10.7. The van der Waals surface area contributed by atoms with Crippen LogP contribution in [-0.2, 0) is 0 Å². The van der Waals surface area contributed by atoms with Crippen LogP contribution >= 0.6 is 27.7 Å². The highest BCUT2D eigenvalue weighted by molar-refractivity contribution is 9.10. The minimum atomic E-state index is 0.838. The second-order valence-electron chi connectivity index (χ2n) is 5.14. The zero-order chi connectivity index (χ0) is 15.5. The van der Waals surface area contributed by atoms with E-state index >= 15 is 0 Å². The summed E-state index contributed by atoms with van der Waals surface area (Å²) in [5, 5.41) is 0.838. The Bertz CT molecular complexity index is 658. The van der Waals surface area contributed by atoms with E-state index in [-0.39, 0.29) is 0 Å². The van der Waals surface area contributed by atoms with Crippen molar-refractivity contribution in [3.05, 3.63) is 34.6 Å². The van der Waals surface area contributed by atoms with Crippen molar-refractivity contribution < 1.29 is 0 Å². The van der Waals surface area contributed by atoms with Crippen LogP contribution in [0.2, 0.25) is 0 Å². The summed E-state index contributed by atoms with van der Waals surface area (Å²) in [6.45, 7) is 5.77. The number of pyridine rings is 1. The van der Waals surface area contributed by atoms with Gasteiger partial charge in [0, 0.05) is 44.1 Å². The van der Waals surface area contributed by atoms with E-state index in [1.54, 1.807) is 11.8 Å². The summed E-state index contributed by atoms with van der Waals surface area (Å²) < 4.78 is 1.05. The molecule has 0 unspecified atom stereocenters. The van der Waals surface area contributed by atoms with Crippen molar-refractivity contribution in [3.8, 4) is 0 Å². The minimum Gasteiger partial charge on any atom is -0.353 e. The smallest absolute Gasteiger partial charge is 0.189 e. The number of anilines is 2.